The van der Waals surface area contributed by atoms with Gasteiger partial charge in [-0.15, -0.1) is 10.2 Å². The highest BCUT2D eigenvalue weighted by Gasteiger charge is 2.22. The molecule has 2 rings (SSSR count). The Morgan fingerprint density at radius 3 is 2.61 bits per heavy atom. The number of hydrogen-bond acceptors (Lipinski definition) is 4. The number of aliphatic hydroxyl groups excluding tert-OH is 1. The Balaban J connectivity index is 2.08. The van der Waals surface area contributed by atoms with Gasteiger partial charge in [0, 0.05) is 18.4 Å². The predicted octanol–water partition coefficient (Wildman–Crippen LogP) is 3.06. The zero-order valence-electron chi connectivity index (χ0n) is 12.1. The molecule has 0 fully saturated rings. The molecule has 0 aliphatic carbocycles. The van der Waals surface area contributed by atoms with Crippen LogP contribution in [-0.2, 0) is 12.8 Å². The van der Waals surface area contributed by atoms with E-state index in [0.29, 0.717) is 5.56 Å². The highest BCUT2D eigenvalue weighted by Crippen LogP contribution is 2.24. The molecule has 2 aromatic rings. The van der Waals surface area contributed by atoms with Crippen LogP contribution in [0.15, 0.2) is 29.0 Å². The van der Waals surface area contributed by atoms with Crippen molar-refractivity contribution in [2.24, 2.45) is 0 Å². The van der Waals surface area contributed by atoms with Gasteiger partial charge in [0.25, 0.3) is 0 Å². The Hall–Kier alpha value is -1.96. The number of alkyl halides is 3. The van der Waals surface area contributed by atoms with Crippen LogP contribution in [0.4, 0.5) is 17.6 Å². The minimum Gasteiger partial charge on any atom is -0.428 e. The normalized spacial score (nSPS) is 15.3. The first-order chi connectivity index (χ1) is 11.0. The summed E-state index contributed by atoms with van der Waals surface area (Å²) in [5, 5.41) is 17.1. The van der Waals surface area contributed by atoms with Crippen molar-refractivity contribution in [2.45, 2.75) is 37.7 Å². The van der Waals surface area contributed by atoms with Gasteiger partial charge in [0.05, 0.1) is 19.2 Å². The number of aromatic nitrogens is 2. The Labute approximate surface area is 130 Å². The van der Waals surface area contributed by atoms with E-state index < -0.39 is 37.4 Å². The number of rotatable bonds is 8. The SMILES string of the molecule is OC(Cc1nnco1)c1cc(CC(F)C(F)CCF)ccc1F. The molecule has 4 nitrogen and oxygen atoms in total. The maximum atomic E-state index is 13.8. The molecule has 0 aliphatic heterocycles. The number of nitrogens with zero attached hydrogens (tertiary/aromatic N) is 2. The molecule has 1 heterocycles. The van der Waals surface area contributed by atoms with Gasteiger partial charge in [-0.3, -0.25) is 4.39 Å². The summed E-state index contributed by atoms with van der Waals surface area (Å²) in [5.74, 6) is -0.561. The Kier molecular flexibility index (Phi) is 6.09. The summed E-state index contributed by atoms with van der Waals surface area (Å²) in [5.41, 5.74) is 0.230. The fourth-order valence-electron chi connectivity index (χ4n) is 2.17. The van der Waals surface area contributed by atoms with Crippen LogP contribution in [-0.4, -0.2) is 34.3 Å². The Morgan fingerprint density at radius 2 is 1.96 bits per heavy atom. The van der Waals surface area contributed by atoms with E-state index in [1.54, 1.807) is 0 Å². The molecule has 0 aliphatic rings. The van der Waals surface area contributed by atoms with Gasteiger partial charge in [0.15, 0.2) is 0 Å². The van der Waals surface area contributed by atoms with Crippen molar-refractivity contribution in [1.29, 1.82) is 0 Å². The lowest BCUT2D eigenvalue weighted by atomic mass is 9.98. The highest BCUT2D eigenvalue weighted by molar-refractivity contribution is 5.28. The Bertz CT molecular complexity index is 610. The molecule has 3 atom stereocenters. The van der Waals surface area contributed by atoms with Crippen LogP contribution in [0, 0.1) is 5.82 Å². The summed E-state index contributed by atoms with van der Waals surface area (Å²) in [6, 6.07) is 3.62. The third-order valence-corrected chi connectivity index (χ3v) is 3.40. The fraction of sp³-hybridized carbons (Fsp3) is 0.467. The van der Waals surface area contributed by atoms with E-state index in [4.69, 9.17) is 4.42 Å². The quantitative estimate of drug-likeness (QED) is 0.755. The lowest BCUT2D eigenvalue weighted by molar-refractivity contribution is 0.148. The molecule has 1 aromatic carbocycles. The molecular formula is C15H16F4N2O2. The molecule has 23 heavy (non-hydrogen) atoms. The number of hydrogen-bond donors (Lipinski definition) is 1. The molecule has 0 amide bonds. The third kappa shape index (κ3) is 4.75. The van der Waals surface area contributed by atoms with Gasteiger partial charge in [-0.1, -0.05) is 12.1 Å². The molecular weight excluding hydrogens is 316 g/mol. The van der Waals surface area contributed by atoms with Crippen molar-refractivity contribution >= 4 is 0 Å². The molecule has 0 radical (unpaired) electrons. The van der Waals surface area contributed by atoms with Gasteiger partial charge in [0.1, 0.15) is 18.2 Å². The van der Waals surface area contributed by atoms with E-state index in [-0.39, 0.29) is 24.3 Å². The summed E-state index contributed by atoms with van der Waals surface area (Å²) < 4.78 is 57.7. The lowest BCUT2D eigenvalue weighted by Crippen LogP contribution is -2.20. The molecule has 3 unspecified atom stereocenters. The first-order valence-electron chi connectivity index (χ1n) is 7.06. The zero-order chi connectivity index (χ0) is 16.8. The minimum atomic E-state index is -1.92. The van der Waals surface area contributed by atoms with Crippen LogP contribution < -0.4 is 0 Å². The molecule has 1 N–H and O–H groups in total. The summed E-state index contributed by atoms with van der Waals surface area (Å²) in [6.07, 6.45) is -4.95. The van der Waals surface area contributed by atoms with E-state index in [1.165, 1.54) is 12.1 Å². The van der Waals surface area contributed by atoms with Crippen LogP contribution in [0.1, 0.15) is 29.5 Å². The van der Waals surface area contributed by atoms with Gasteiger partial charge in [-0.2, -0.15) is 0 Å². The van der Waals surface area contributed by atoms with Crippen LogP contribution in [0.5, 0.6) is 0 Å². The first kappa shape index (κ1) is 17.4. The van der Waals surface area contributed by atoms with E-state index in [1.807, 2.05) is 0 Å². The van der Waals surface area contributed by atoms with Crippen molar-refractivity contribution in [2.75, 3.05) is 6.67 Å². The number of halogens is 4. The zero-order valence-corrected chi connectivity index (χ0v) is 12.1. The fourth-order valence-corrected chi connectivity index (χ4v) is 2.17. The van der Waals surface area contributed by atoms with Crippen LogP contribution in [0.2, 0.25) is 0 Å². The molecule has 8 heteroatoms. The van der Waals surface area contributed by atoms with Crippen molar-refractivity contribution in [1.82, 2.24) is 10.2 Å². The van der Waals surface area contributed by atoms with Gasteiger partial charge in [-0.05, 0) is 11.6 Å². The number of benzene rings is 1. The van der Waals surface area contributed by atoms with Gasteiger partial charge in [-0.25, -0.2) is 13.2 Å². The van der Waals surface area contributed by atoms with Crippen molar-refractivity contribution in [3.8, 4) is 0 Å². The highest BCUT2D eigenvalue weighted by atomic mass is 19.2. The van der Waals surface area contributed by atoms with Gasteiger partial charge < -0.3 is 9.52 Å². The second-order valence-corrected chi connectivity index (χ2v) is 5.12. The van der Waals surface area contributed by atoms with Crippen LogP contribution >= 0.6 is 0 Å². The van der Waals surface area contributed by atoms with Gasteiger partial charge in [0.2, 0.25) is 12.3 Å². The number of aliphatic hydroxyl groups is 1. The largest absolute Gasteiger partial charge is 0.428 e. The van der Waals surface area contributed by atoms with Gasteiger partial charge >= 0.3 is 0 Å². The van der Waals surface area contributed by atoms with Crippen molar-refractivity contribution in [3.63, 3.8) is 0 Å². The van der Waals surface area contributed by atoms with E-state index in [9.17, 15) is 22.7 Å². The maximum Gasteiger partial charge on any atom is 0.219 e. The second kappa shape index (κ2) is 8.05. The molecule has 0 bridgehead atoms. The van der Waals surface area contributed by atoms with Crippen molar-refractivity contribution in [3.05, 3.63) is 47.4 Å². The lowest BCUT2D eigenvalue weighted by Gasteiger charge is -2.15. The predicted molar refractivity (Wildman–Crippen MR) is 73.4 cm³/mol. The summed E-state index contributed by atoms with van der Waals surface area (Å²) in [7, 11) is 0. The standard InChI is InChI=1S/C15H16F4N2O2/c16-4-3-12(18)13(19)6-9-1-2-11(17)10(5-9)14(22)7-15-21-20-8-23-15/h1-2,5,8,12-14,22H,3-4,6-7H2. The van der Waals surface area contributed by atoms with Crippen LogP contribution in [0.3, 0.4) is 0 Å². The van der Waals surface area contributed by atoms with E-state index in [0.717, 1.165) is 12.5 Å². The maximum absolute atomic E-state index is 13.8. The van der Waals surface area contributed by atoms with Crippen molar-refractivity contribution < 1.29 is 27.1 Å². The molecule has 126 valence electrons. The molecule has 0 saturated heterocycles. The third-order valence-electron chi connectivity index (χ3n) is 3.40. The second-order valence-electron chi connectivity index (χ2n) is 5.12. The van der Waals surface area contributed by atoms with E-state index >= 15 is 0 Å². The summed E-state index contributed by atoms with van der Waals surface area (Å²) in [4.78, 5) is 0. The summed E-state index contributed by atoms with van der Waals surface area (Å²) >= 11 is 0. The Morgan fingerprint density at radius 1 is 1.17 bits per heavy atom. The smallest absolute Gasteiger partial charge is 0.219 e. The minimum absolute atomic E-state index is 0.0752. The van der Waals surface area contributed by atoms with E-state index in [2.05, 4.69) is 10.2 Å². The molecule has 0 spiro atoms. The first-order valence-corrected chi connectivity index (χ1v) is 7.06. The molecule has 0 saturated carbocycles. The van der Waals surface area contributed by atoms with Crippen LogP contribution in [0.25, 0.3) is 0 Å². The monoisotopic (exact) mass is 332 g/mol. The summed E-state index contributed by atoms with van der Waals surface area (Å²) in [6.45, 7) is -0.945. The topological polar surface area (TPSA) is 59.2 Å². The average Bonchev–Trinajstić information content (AvgIpc) is 3.02. The average molecular weight is 332 g/mol. The molecule has 1 aromatic heterocycles.